The van der Waals surface area contributed by atoms with Crippen LogP contribution in [0.25, 0.3) is 0 Å². The van der Waals surface area contributed by atoms with Crippen LogP contribution in [-0.2, 0) is 4.79 Å². The van der Waals surface area contributed by atoms with E-state index in [0.717, 1.165) is 0 Å². The number of nitrogens with zero attached hydrogens (tertiary/aromatic N) is 2. The van der Waals surface area contributed by atoms with Crippen LogP contribution in [0.5, 0.6) is 0 Å². The number of nitro benzene ring substituents is 1. The van der Waals surface area contributed by atoms with Gasteiger partial charge in [0.15, 0.2) is 0 Å². The Morgan fingerprint density at radius 1 is 1.42 bits per heavy atom. The molecule has 1 aliphatic heterocycles. The summed E-state index contributed by atoms with van der Waals surface area (Å²) in [5, 5.41) is 19.7. The number of nitro groups is 1. The van der Waals surface area contributed by atoms with E-state index in [0.29, 0.717) is 19.4 Å². The van der Waals surface area contributed by atoms with E-state index in [-0.39, 0.29) is 11.3 Å². The molecule has 1 atom stereocenters. The first kappa shape index (κ1) is 13.0. The predicted octanol–water partition coefficient (Wildman–Crippen LogP) is 1.28. The molecule has 1 aliphatic rings. The number of carboxylic acids is 1. The Kier molecular flexibility index (Phi) is 3.46. The fraction of sp³-hybridized carbons (Fsp3) is 0.333. The molecule has 0 aliphatic carbocycles. The lowest BCUT2D eigenvalue weighted by Crippen LogP contribution is -2.40. The number of carbonyl (C=O) groups is 2. The number of benzene rings is 1. The summed E-state index contributed by atoms with van der Waals surface area (Å²) in [7, 11) is 0. The van der Waals surface area contributed by atoms with Gasteiger partial charge < -0.3 is 10.0 Å². The maximum atomic E-state index is 12.2. The van der Waals surface area contributed by atoms with Crippen molar-refractivity contribution >= 4 is 17.6 Å². The Balaban J connectivity index is 2.26. The largest absolute Gasteiger partial charge is 0.480 e. The van der Waals surface area contributed by atoms with Crippen molar-refractivity contribution in [2.75, 3.05) is 6.54 Å². The molecule has 1 aromatic carbocycles. The number of amides is 1. The minimum atomic E-state index is -1.05. The molecule has 0 spiro atoms. The van der Waals surface area contributed by atoms with Gasteiger partial charge in [0.25, 0.3) is 11.6 Å². The third-order valence-corrected chi connectivity index (χ3v) is 3.10. The third kappa shape index (κ3) is 2.54. The molecule has 0 aromatic heterocycles. The molecular formula is C12H12N2O5. The fourth-order valence-electron chi connectivity index (χ4n) is 2.18. The Bertz CT molecular complexity index is 543. The van der Waals surface area contributed by atoms with Gasteiger partial charge >= 0.3 is 5.97 Å². The van der Waals surface area contributed by atoms with Gasteiger partial charge in [0.1, 0.15) is 6.04 Å². The smallest absolute Gasteiger partial charge is 0.326 e. The van der Waals surface area contributed by atoms with E-state index in [1.165, 1.54) is 29.2 Å². The highest BCUT2D eigenvalue weighted by molar-refractivity contribution is 5.97. The number of non-ortho nitro benzene ring substituents is 1. The van der Waals surface area contributed by atoms with Crippen LogP contribution in [0.1, 0.15) is 23.2 Å². The van der Waals surface area contributed by atoms with Gasteiger partial charge in [-0.3, -0.25) is 14.9 Å². The zero-order valence-electron chi connectivity index (χ0n) is 9.98. The maximum absolute atomic E-state index is 12.2. The number of carboxylic acid groups (broad SMARTS) is 1. The van der Waals surface area contributed by atoms with E-state index in [1.807, 2.05) is 0 Å². The highest BCUT2D eigenvalue weighted by Crippen LogP contribution is 2.22. The molecule has 1 unspecified atom stereocenters. The van der Waals surface area contributed by atoms with Gasteiger partial charge in [0, 0.05) is 24.2 Å². The number of hydrogen-bond acceptors (Lipinski definition) is 4. The van der Waals surface area contributed by atoms with Crippen LogP contribution >= 0.6 is 0 Å². The van der Waals surface area contributed by atoms with E-state index in [1.54, 1.807) is 0 Å². The molecule has 19 heavy (non-hydrogen) atoms. The quantitative estimate of drug-likeness (QED) is 0.654. The molecule has 1 N–H and O–H groups in total. The van der Waals surface area contributed by atoms with Gasteiger partial charge in [-0.05, 0) is 18.9 Å². The summed E-state index contributed by atoms with van der Waals surface area (Å²) in [6.07, 6.45) is 1.04. The third-order valence-electron chi connectivity index (χ3n) is 3.10. The first-order valence-corrected chi connectivity index (χ1v) is 5.79. The molecule has 1 aromatic rings. The fourth-order valence-corrected chi connectivity index (χ4v) is 2.18. The molecule has 7 heteroatoms. The number of aliphatic carboxylic acids is 1. The number of carbonyl (C=O) groups excluding carboxylic acids is 1. The van der Waals surface area contributed by atoms with Crippen molar-refractivity contribution in [2.45, 2.75) is 18.9 Å². The van der Waals surface area contributed by atoms with E-state index >= 15 is 0 Å². The average molecular weight is 264 g/mol. The summed E-state index contributed by atoms with van der Waals surface area (Å²) in [5.41, 5.74) is -0.0423. The van der Waals surface area contributed by atoms with Crippen LogP contribution in [0.3, 0.4) is 0 Å². The minimum Gasteiger partial charge on any atom is -0.480 e. The van der Waals surface area contributed by atoms with Crippen molar-refractivity contribution in [1.29, 1.82) is 0 Å². The normalized spacial score (nSPS) is 18.3. The first-order valence-electron chi connectivity index (χ1n) is 5.79. The average Bonchev–Trinajstić information content (AvgIpc) is 2.87. The van der Waals surface area contributed by atoms with Crippen molar-refractivity contribution < 1.29 is 19.6 Å². The van der Waals surface area contributed by atoms with Gasteiger partial charge in [-0.2, -0.15) is 0 Å². The highest BCUT2D eigenvalue weighted by atomic mass is 16.6. The van der Waals surface area contributed by atoms with Crippen LogP contribution in [0, 0.1) is 10.1 Å². The molecule has 1 amide bonds. The van der Waals surface area contributed by atoms with Crippen LogP contribution in [0.4, 0.5) is 5.69 Å². The Hall–Kier alpha value is -2.44. The van der Waals surface area contributed by atoms with Gasteiger partial charge in [-0.15, -0.1) is 0 Å². The first-order chi connectivity index (χ1) is 9.00. The second-order valence-electron chi connectivity index (χ2n) is 4.30. The molecule has 2 rings (SSSR count). The number of hydrogen-bond donors (Lipinski definition) is 1. The second kappa shape index (κ2) is 5.05. The Morgan fingerprint density at radius 2 is 2.16 bits per heavy atom. The van der Waals surface area contributed by atoms with Crippen molar-refractivity contribution in [2.24, 2.45) is 0 Å². The Morgan fingerprint density at radius 3 is 2.79 bits per heavy atom. The predicted molar refractivity (Wildman–Crippen MR) is 64.8 cm³/mol. The topological polar surface area (TPSA) is 101 Å². The molecule has 0 radical (unpaired) electrons. The molecule has 0 bridgehead atoms. The summed E-state index contributed by atoms with van der Waals surface area (Å²) in [6.45, 7) is 0.360. The SMILES string of the molecule is O=C(O)C1CCCN1C(=O)c1cccc([N+](=O)[O-])c1. The standard InChI is InChI=1S/C12H12N2O5/c15-11(13-6-2-5-10(13)12(16)17)8-3-1-4-9(7-8)14(18)19/h1,3-4,7,10H,2,5-6H2,(H,16,17). The summed E-state index contributed by atoms with van der Waals surface area (Å²) in [4.78, 5) is 34.5. The molecule has 1 heterocycles. The van der Waals surface area contributed by atoms with Crippen molar-refractivity contribution in [3.8, 4) is 0 Å². The van der Waals surface area contributed by atoms with Crippen molar-refractivity contribution in [3.05, 3.63) is 39.9 Å². The van der Waals surface area contributed by atoms with Crippen LogP contribution < -0.4 is 0 Å². The monoisotopic (exact) mass is 264 g/mol. The van der Waals surface area contributed by atoms with Crippen molar-refractivity contribution in [1.82, 2.24) is 4.90 Å². The zero-order chi connectivity index (χ0) is 14.0. The van der Waals surface area contributed by atoms with Crippen LogP contribution in [-0.4, -0.2) is 39.4 Å². The van der Waals surface area contributed by atoms with E-state index < -0.39 is 22.8 Å². The second-order valence-corrected chi connectivity index (χ2v) is 4.30. The van der Waals surface area contributed by atoms with Gasteiger partial charge in [0.2, 0.25) is 0 Å². The number of rotatable bonds is 3. The lowest BCUT2D eigenvalue weighted by Gasteiger charge is -2.21. The van der Waals surface area contributed by atoms with Crippen molar-refractivity contribution in [3.63, 3.8) is 0 Å². The molecule has 7 nitrogen and oxygen atoms in total. The summed E-state index contributed by atoms with van der Waals surface area (Å²) in [6, 6.07) is 4.48. The van der Waals surface area contributed by atoms with E-state index in [4.69, 9.17) is 5.11 Å². The highest BCUT2D eigenvalue weighted by Gasteiger charge is 2.34. The summed E-state index contributed by atoms with van der Waals surface area (Å²) < 4.78 is 0. The molecule has 100 valence electrons. The summed E-state index contributed by atoms with van der Waals surface area (Å²) in [5.74, 6) is -1.52. The number of likely N-dealkylation sites (tertiary alicyclic amines) is 1. The van der Waals surface area contributed by atoms with Crippen LogP contribution in [0.2, 0.25) is 0 Å². The zero-order valence-corrected chi connectivity index (χ0v) is 9.98. The van der Waals surface area contributed by atoms with Gasteiger partial charge in [0.05, 0.1) is 4.92 Å². The Labute approximate surface area is 108 Å². The molecule has 0 saturated carbocycles. The minimum absolute atomic E-state index is 0.141. The maximum Gasteiger partial charge on any atom is 0.326 e. The van der Waals surface area contributed by atoms with Gasteiger partial charge in [-0.25, -0.2) is 4.79 Å². The molecule has 1 fully saturated rings. The molecule has 1 saturated heterocycles. The van der Waals surface area contributed by atoms with Crippen LogP contribution in [0.15, 0.2) is 24.3 Å². The lowest BCUT2D eigenvalue weighted by molar-refractivity contribution is -0.384. The molecular weight excluding hydrogens is 252 g/mol. The van der Waals surface area contributed by atoms with E-state index in [9.17, 15) is 19.7 Å². The summed E-state index contributed by atoms with van der Waals surface area (Å²) >= 11 is 0. The van der Waals surface area contributed by atoms with Gasteiger partial charge in [-0.1, -0.05) is 6.07 Å². The van der Waals surface area contributed by atoms with E-state index in [2.05, 4.69) is 0 Å². The lowest BCUT2D eigenvalue weighted by atomic mass is 10.1.